The van der Waals surface area contributed by atoms with Gasteiger partial charge >= 0.3 is 0 Å². The Bertz CT molecular complexity index is 1220. The summed E-state index contributed by atoms with van der Waals surface area (Å²) in [5, 5.41) is 4.97. The van der Waals surface area contributed by atoms with Crippen LogP contribution in [0.1, 0.15) is 22.9 Å². The number of halogens is 2. The summed E-state index contributed by atoms with van der Waals surface area (Å²) in [6.45, 7) is 5.11. The van der Waals surface area contributed by atoms with Gasteiger partial charge in [0, 0.05) is 23.5 Å². The van der Waals surface area contributed by atoms with Gasteiger partial charge in [0.05, 0.1) is 16.6 Å². The Morgan fingerprint density at radius 2 is 1.94 bits per heavy atom. The van der Waals surface area contributed by atoms with Crippen LogP contribution in [0.3, 0.4) is 0 Å². The number of nitrogens with zero attached hydrogens (tertiary/aromatic N) is 2. The standard InChI is InChI=1S/C24H22FN3OS2.ClH/c1-2-28-12-11-17-20(14-28)31-24(27-21(29)13-15-7-9-16(25)10-8-15)22(17)23-26-18-5-3-4-6-19(18)30-23;/h3-10H,2,11-14H2,1H3,(H,27,29);1H. The fourth-order valence-electron chi connectivity index (χ4n) is 3.98. The summed E-state index contributed by atoms with van der Waals surface area (Å²) in [6, 6.07) is 14.2. The third kappa shape index (κ3) is 4.57. The van der Waals surface area contributed by atoms with Crippen molar-refractivity contribution in [3.05, 3.63) is 70.4 Å². The van der Waals surface area contributed by atoms with E-state index in [-0.39, 0.29) is 30.6 Å². The van der Waals surface area contributed by atoms with E-state index < -0.39 is 0 Å². The lowest BCUT2D eigenvalue weighted by atomic mass is 10.0. The van der Waals surface area contributed by atoms with Crippen molar-refractivity contribution in [2.75, 3.05) is 18.4 Å². The van der Waals surface area contributed by atoms with Gasteiger partial charge in [0.2, 0.25) is 5.91 Å². The number of para-hydroxylation sites is 1. The van der Waals surface area contributed by atoms with Crippen LogP contribution >= 0.6 is 35.1 Å². The predicted octanol–water partition coefficient (Wildman–Crippen LogP) is 6.14. The zero-order valence-electron chi connectivity index (χ0n) is 17.6. The number of likely N-dealkylation sites (N-methyl/N-ethyl adjacent to an activating group) is 1. The first kappa shape index (κ1) is 22.9. The minimum Gasteiger partial charge on any atom is -0.317 e. The largest absolute Gasteiger partial charge is 0.317 e. The Balaban J connectivity index is 0.00000245. The number of nitrogens with one attached hydrogen (secondary N) is 1. The highest BCUT2D eigenvalue weighted by atomic mass is 35.5. The molecule has 4 aromatic rings. The fraction of sp³-hybridized carbons (Fsp3) is 0.250. The van der Waals surface area contributed by atoms with Crippen molar-refractivity contribution in [2.45, 2.75) is 26.3 Å². The molecule has 3 heterocycles. The first-order chi connectivity index (χ1) is 15.1. The van der Waals surface area contributed by atoms with Crippen molar-refractivity contribution in [3.8, 4) is 10.6 Å². The van der Waals surface area contributed by atoms with E-state index in [2.05, 4.69) is 23.2 Å². The highest BCUT2D eigenvalue weighted by Crippen LogP contribution is 2.45. The molecule has 1 aliphatic heterocycles. The molecule has 0 spiro atoms. The lowest BCUT2D eigenvalue weighted by Gasteiger charge is -2.25. The van der Waals surface area contributed by atoms with Gasteiger partial charge in [0.25, 0.3) is 0 Å². The molecule has 0 saturated carbocycles. The summed E-state index contributed by atoms with van der Waals surface area (Å²) in [5.74, 6) is -0.395. The van der Waals surface area contributed by atoms with Gasteiger partial charge in [-0.2, -0.15) is 0 Å². The maximum Gasteiger partial charge on any atom is 0.229 e. The zero-order valence-corrected chi connectivity index (χ0v) is 20.0. The Morgan fingerprint density at radius 3 is 2.69 bits per heavy atom. The molecule has 8 heteroatoms. The fourth-order valence-corrected chi connectivity index (χ4v) is 6.39. The third-order valence-electron chi connectivity index (χ3n) is 5.62. The number of rotatable bonds is 5. The van der Waals surface area contributed by atoms with Gasteiger partial charge in [-0.15, -0.1) is 35.1 Å². The van der Waals surface area contributed by atoms with Crippen LogP contribution in [-0.4, -0.2) is 28.9 Å². The smallest absolute Gasteiger partial charge is 0.229 e. The van der Waals surface area contributed by atoms with E-state index in [0.717, 1.165) is 57.4 Å². The lowest BCUT2D eigenvalue weighted by Crippen LogP contribution is -2.29. The van der Waals surface area contributed by atoms with E-state index >= 15 is 0 Å². The number of hydrogen-bond donors (Lipinski definition) is 1. The van der Waals surface area contributed by atoms with E-state index in [1.165, 1.54) is 22.6 Å². The number of fused-ring (bicyclic) bond motifs is 2. The Hall–Kier alpha value is -2.32. The van der Waals surface area contributed by atoms with E-state index in [1.54, 1.807) is 34.8 Å². The molecular formula is C24H23ClFN3OS2. The second kappa shape index (κ2) is 9.67. The average molecular weight is 488 g/mol. The highest BCUT2D eigenvalue weighted by Gasteiger charge is 2.27. The SMILES string of the molecule is CCN1CCc2c(sc(NC(=O)Cc3ccc(F)cc3)c2-c2nc3ccccc3s2)C1.Cl. The molecule has 4 nitrogen and oxygen atoms in total. The Labute approximate surface area is 200 Å². The molecule has 1 N–H and O–H groups in total. The van der Waals surface area contributed by atoms with Crippen LogP contribution in [0.2, 0.25) is 0 Å². The maximum atomic E-state index is 13.2. The number of carbonyl (C=O) groups excluding carboxylic acids is 1. The monoisotopic (exact) mass is 487 g/mol. The van der Waals surface area contributed by atoms with Gasteiger partial charge in [-0.05, 0) is 48.4 Å². The molecule has 0 aliphatic carbocycles. The van der Waals surface area contributed by atoms with E-state index in [4.69, 9.17) is 4.98 Å². The van der Waals surface area contributed by atoms with Crippen LogP contribution in [0.4, 0.5) is 9.39 Å². The Morgan fingerprint density at radius 1 is 1.16 bits per heavy atom. The number of anilines is 1. The molecule has 0 fully saturated rings. The molecule has 0 unspecified atom stereocenters. The maximum absolute atomic E-state index is 13.2. The summed E-state index contributed by atoms with van der Waals surface area (Å²) in [7, 11) is 0. The molecular weight excluding hydrogens is 465 g/mol. The third-order valence-corrected chi connectivity index (χ3v) is 7.81. The average Bonchev–Trinajstić information content (AvgIpc) is 3.35. The van der Waals surface area contributed by atoms with E-state index in [9.17, 15) is 9.18 Å². The Kier molecular flexibility index (Phi) is 6.90. The summed E-state index contributed by atoms with van der Waals surface area (Å²) >= 11 is 3.33. The number of aromatic nitrogens is 1. The van der Waals surface area contributed by atoms with Crippen molar-refractivity contribution in [1.29, 1.82) is 0 Å². The van der Waals surface area contributed by atoms with Gasteiger partial charge < -0.3 is 5.32 Å². The van der Waals surface area contributed by atoms with Crippen LogP contribution in [0.15, 0.2) is 48.5 Å². The second-order valence-electron chi connectivity index (χ2n) is 7.66. The first-order valence-corrected chi connectivity index (χ1v) is 12.0. The van der Waals surface area contributed by atoms with Crippen molar-refractivity contribution in [3.63, 3.8) is 0 Å². The number of amides is 1. The minimum absolute atomic E-state index is 0. The molecule has 1 amide bonds. The molecule has 2 aromatic carbocycles. The van der Waals surface area contributed by atoms with E-state index in [1.807, 2.05) is 18.2 Å². The molecule has 0 bridgehead atoms. The molecule has 32 heavy (non-hydrogen) atoms. The van der Waals surface area contributed by atoms with Crippen molar-refractivity contribution in [1.82, 2.24) is 9.88 Å². The van der Waals surface area contributed by atoms with Gasteiger partial charge in [-0.3, -0.25) is 9.69 Å². The van der Waals surface area contributed by atoms with Gasteiger partial charge in [0.1, 0.15) is 15.8 Å². The minimum atomic E-state index is -0.298. The molecule has 0 radical (unpaired) electrons. The molecule has 5 rings (SSSR count). The van der Waals surface area contributed by atoms with Gasteiger partial charge in [-0.25, -0.2) is 9.37 Å². The van der Waals surface area contributed by atoms with Crippen LogP contribution in [0, 0.1) is 5.82 Å². The molecule has 0 saturated heterocycles. The second-order valence-corrected chi connectivity index (χ2v) is 9.80. The van der Waals surface area contributed by atoms with Crippen molar-refractivity contribution >= 4 is 56.2 Å². The van der Waals surface area contributed by atoms with Crippen molar-refractivity contribution < 1.29 is 9.18 Å². The first-order valence-electron chi connectivity index (χ1n) is 10.4. The summed E-state index contributed by atoms with van der Waals surface area (Å²) < 4.78 is 14.3. The van der Waals surface area contributed by atoms with Crippen molar-refractivity contribution in [2.24, 2.45) is 0 Å². The van der Waals surface area contributed by atoms with Crippen LogP contribution in [-0.2, 0) is 24.2 Å². The lowest BCUT2D eigenvalue weighted by molar-refractivity contribution is -0.115. The normalized spacial score (nSPS) is 13.6. The highest BCUT2D eigenvalue weighted by molar-refractivity contribution is 7.22. The molecule has 166 valence electrons. The molecule has 0 atom stereocenters. The number of carbonyl (C=O) groups is 1. The summed E-state index contributed by atoms with van der Waals surface area (Å²) in [5.41, 5.74) is 4.16. The number of hydrogen-bond acceptors (Lipinski definition) is 5. The number of thiazole rings is 1. The predicted molar refractivity (Wildman–Crippen MR) is 134 cm³/mol. The van der Waals surface area contributed by atoms with Crippen LogP contribution in [0.5, 0.6) is 0 Å². The zero-order chi connectivity index (χ0) is 21.4. The number of thiophene rings is 1. The van der Waals surface area contributed by atoms with Gasteiger partial charge in [0.15, 0.2) is 0 Å². The van der Waals surface area contributed by atoms with Crippen LogP contribution < -0.4 is 5.32 Å². The topological polar surface area (TPSA) is 45.2 Å². The molecule has 2 aromatic heterocycles. The molecule has 1 aliphatic rings. The summed E-state index contributed by atoms with van der Waals surface area (Å²) in [6.07, 6.45) is 1.17. The quantitative estimate of drug-likeness (QED) is 0.367. The summed E-state index contributed by atoms with van der Waals surface area (Å²) in [4.78, 5) is 21.4. The van der Waals surface area contributed by atoms with E-state index in [0.29, 0.717) is 0 Å². The van der Waals surface area contributed by atoms with Gasteiger partial charge in [-0.1, -0.05) is 31.2 Å². The number of benzene rings is 2. The van der Waals surface area contributed by atoms with Crippen LogP contribution in [0.25, 0.3) is 20.8 Å².